The number of nitrogens with one attached hydrogen (secondary N) is 1. The van der Waals surface area contributed by atoms with E-state index in [1.165, 1.54) is 6.92 Å². The molecule has 0 radical (unpaired) electrons. The summed E-state index contributed by atoms with van der Waals surface area (Å²) >= 11 is 0. The maximum atomic E-state index is 11.1. The summed E-state index contributed by atoms with van der Waals surface area (Å²) in [5, 5.41) is 12.9. The van der Waals surface area contributed by atoms with Crippen LogP contribution in [0.25, 0.3) is 0 Å². The predicted molar refractivity (Wildman–Crippen MR) is 51.6 cm³/mol. The summed E-state index contributed by atoms with van der Waals surface area (Å²) in [6.07, 6.45) is 0.993. The fourth-order valence-corrected chi connectivity index (χ4v) is 1.60. The Bertz CT molecular complexity index is 245. The Labute approximate surface area is 78.8 Å². The lowest BCUT2D eigenvalue weighted by atomic mass is 9.98. The van der Waals surface area contributed by atoms with Crippen molar-refractivity contribution >= 4 is 5.78 Å². The van der Waals surface area contributed by atoms with Gasteiger partial charge in [0.15, 0.2) is 5.78 Å². The molecular formula is C10H17NO2. The van der Waals surface area contributed by atoms with Gasteiger partial charge in [0, 0.05) is 12.1 Å². The molecule has 0 aromatic carbocycles. The Morgan fingerprint density at radius 2 is 2.38 bits per heavy atom. The molecule has 1 heterocycles. The van der Waals surface area contributed by atoms with E-state index in [1.807, 2.05) is 0 Å². The van der Waals surface area contributed by atoms with Gasteiger partial charge in [-0.1, -0.05) is 20.3 Å². The summed E-state index contributed by atoms with van der Waals surface area (Å²) < 4.78 is 0. The summed E-state index contributed by atoms with van der Waals surface area (Å²) in [6, 6.07) is -0.0242. The van der Waals surface area contributed by atoms with Crippen molar-refractivity contribution in [3.63, 3.8) is 0 Å². The molecule has 74 valence electrons. The SMILES string of the molecule is CCC(C)C1NCC(C(C)=O)=C1O. The van der Waals surface area contributed by atoms with Crippen molar-refractivity contribution in [1.29, 1.82) is 0 Å². The Hall–Kier alpha value is -0.830. The van der Waals surface area contributed by atoms with Gasteiger partial charge in [-0.25, -0.2) is 0 Å². The quantitative estimate of drug-likeness (QED) is 0.695. The summed E-state index contributed by atoms with van der Waals surface area (Å²) in [5.74, 6) is 0.592. The van der Waals surface area contributed by atoms with Crippen molar-refractivity contribution in [3.8, 4) is 0 Å². The third kappa shape index (κ3) is 1.91. The van der Waals surface area contributed by atoms with Crippen LogP contribution in [0.3, 0.4) is 0 Å². The summed E-state index contributed by atoms with van der Waals surface area (Å²) in [4.78, 5) is 11.1. The summed E-state index contributed by atoms with van der Waals surface area (Å²) in [5.41, 5.74) is 0.547. The van der Waals surface area contributed by atoms with E-state index >= 15 is 0 Å². The molecule has 1 rings (SSSR count). The maximum Gasteiger partial charge on any atom is 0.160 e. The number of Topliss-reactive ketones (excluding diaryl/α,β-unsaturated/α-hetero) is 1. The number of hydrogen-bond donors (Lipinski definition) is 2. The Kier molecular flexibility index (Phi) is 3.09. The summed E-state index contributed by atoms with van der Waals surface area (Å²) in [7, 11) is 0. The van der Waals surface area contributed by atoms with Gasteiger partial charge in [-0.2, -0.15) is 0 Å². The average molecular weight is 183 g/mol. The lowest BCUT2D eigenvalue weighted by Crippen LogP contribution is -2.31. The number of rotatable bonds is 3. The molecule has 0 aromatic heterocycles. The van der Waals surface area contributed by atoms with Crippen LogP contribution < -0.4 is 5.32 Å². The van der Waals surface area contributed by atoms with Crippen LogP contribution in [0.15, 0.2) is 11.3 Å². The fourth-order valence-electron chi connectivity index (χ4n) is 1.60. The van der Waals surface area contributed by atoms with Crippen LogP contribution in [0, 0.1) is 5.92 Å². The van der Waals surface area contributed by atoms with Gasteiger partial charge < -0.3 is 10.4 Å². The Balaban J connectivity index is 2.79. The summed E-state index contributed by atoms with van der Waals surface area (Å²) in [6.45, 7) is 6.14. The highest BCUT2D eigenvalue weighted by Crippen LogP contribution is 2.22. The molecule has 1 aliphatic rings. The lowest BCUT2D eigenvalue weighted by molar-refractivity contribution is -0.113. The minimum atomic E-state index is -0.0317. The van der Waals surface area contributed by atoms with E-state index in [0.717, 1.165) is 6.42 Å². The normalized spacial score (nSPS) is 25.0. The zero-order valence-corrected chi connectivity index (χ0v) is 8.42. The van der Waals surface area contributed by atoms with Crippen LogP contribution in [0.1, 0.15) is 27.2 Å². The van der Waals surface area contributed by atoms with Crippen molar-refractivity contribution in [3.05, 3.63) is 11.3 Å². The van der Waals surface area contributed by atoms with Gasteiger partial charge in [0.25, 0.3) is 0 Å². The molecule has 2 N–H and O–H groups in total. The highest BCUT2D eigenvalue weighted by atomic mass is 16.3. The van der Waals surface area contributed by atoms with E-state index in [4.69, 9.17) is 0 Å². The molecule has 0 fully saturated rings. The third-order valence-corrected chi connectivity index (χ3v) is 2.74. The minimum Gasteiger partial charge on any atom is -0.510 e. The number of hydrogen-bond acceptors (Lipinski definition) is 3. The molecule has 0 amide bonds. The Morgan fingerprint density at radius 3 is 2.77 bits per heavy atom. The van der Waals surface area contributed by atoms with Gasteiger partial charge in [-0.05, 0) is 12.8 Å². The van der Waals surface area contributed by atoms with Crippen molar-refractivity contribution in [2.45, 2.75) is 33.2 Å². The molecule has 0 bridgehead atoms. The van der Waals surface area contributed by atoms with Crippen molar-refractivity contribution in [2.75, 3.05) is 6.54 Å². The molecule has 0 saturated carbocycles. The van der Waals surface area contributed by atoms with Crippen LogP contribution in [-0.4, -0.2) is 23.5 Å². The topological polar surface area (TPSA) is 49.3 Å². The first-order valence-corrected chi connectivity index (χ1v) is 4.74. The standard InChI is InChI=1S/C10H17NO2/c1-4-6(2)9-10(13)8(5-11-9)7(3)12/h6,9,11,13H,4-5H2,1-3H3. The molecule has 3 heteroatoms. The first-order valence-electron chi connectivity index (χ1n) is 4.74. The fraction of sp³-hybridized carbons (Fsp3) is 0.700. The van der Waals surface area contributed by atoms with Crippen LogP contribution >= 0.6 is 0 Å². The smallest absolute Gasteiger partial charge is 0.160 e. The van der Waals surface area contributed by atoms with Gasteiger partial charge in [0.05, 0.1) is 6.04 Å². The first kappa shape index (κ1) is 10.3. The molecule has 0 spiro atoms. The van der Waals surface area contributed by atoms with E-state index in [1.54, 1.807) is 0 Å². The number of ketones is 1. The van der Waals surface area contributed by atoms with E-state index in [2.05, 4.69) is 19.2 Å². The maximum absolute atomic E-state index is 11.1. The number of carbonyl (C=O) groups excluding carboxylic acids is 1. The molecule has 2 unspecified atom stereocenters. The zero-order chi connectivity index (χ0) is 10.0. The molecule has 13 heavy (non-hydrogen) atoms. The largest absolute Gasteiger partial charge is 0.510 e. The van der Waals surface area contributed by atoms with Crippen molar-refractivity contribution in [1.82, 2.24) is 5.32 Å². The van der Waals surface area contributed by atoms with Crippen molar-refractivity contribution in [2.24, 2.45) is 5.92 Å². The van der Waals surface area contributed by atoms with Gasteiger partial charge >= 0.3 is 0 Å². The second-order valence-corrected chi connectivity index (χ2v) is 3.66. The molecule has 0 aromatic rings. The first-order chi connectivity index (χ1) is 6.07. The number of aliphatic hydroxyl groups is 1. The second kappa shape index (κ2) is 3.92. The number of aliphatic hydroxyl groups excluding tert-OH is 1. The van der Waals surface area contributed by atoms with Gasteiger partial charge in [-0.15, -0.1) is 0 Å². The third-order valence-electron chi connectivity index (χ3n) is 2.74. The van der Waals surface area contributed by atoms with Gasteiger partial charge in [0.2, 0.25) is 0 Å². The van der Waals surface area contributed by atoms with Crippen LogP contribution in [0.4, 0.5) is 0 Å². The molecule has 3 nitrogen and oxygen atoms in total. The van der Waals surface area contributed by atoms with Crippen LogP contribution in [-0.2, 0) is 4.79 Å². The molecule has 1 aliphatic heterocycles. The molecule has 0 saturated heterocycles. The number of carbonyl (C=O) groups is 1. The van der Waals surface area contributed by atoms with Crippen molar-refractivity contribution < 1.29 is 9.90 Å². The van der Waals surface area contributed by atoms with Gasteiger partial charge in [0.1, 0.15) is 5.76 Å². The molecule has 2 atom stereocenters. The van der Waals surface area contributed by atoms with E-state index in [0.29, 0.717) is 18.0 Å². The van der Waals surface area contributed by atoms with E-state index in [9.17, 15) is 9.90 Å². The average Bonchev–Trinajstić information content (AvgIpc) is 2.46. The minimum absolute atomic E-state index is 0.0242. The second-order valence-electron chi connectivity index (χ2n) is 3.66. The van der Waals surface area contributed by atoms with Gasteiger partial charge in [-0.3, -0.25) is 4.79 Å². The lowest BCUT2D eigenvalue weighted by Gasteiger charge is -2.17. The van der Waals surface area contributed by atoms with Crippen LogP contribution in [0.5, 0.6) is 0 Å². The predicted octanol–water partition coefficient (Wildman–Crippen LogP) is 1.41. The van der Waals surface area contributed by atoms with Crippen LogP contribution in [0.2, 0.25) is 0 Å². The monoisotopic (exact) mass is 183 g/mol. The zero-order valence-electron chi connectivity index (χ0n) is 8.42. The molecule has 0 aliphatic carbocycles. The highest BCUT2D eigenvalue weighted by Gasteiger charge is 2.29. The van der Waals surface area contributed by atoms with E-state index < -0.39 is 0 Å². The molecular weight excluding hydrogens is 166 g/mol. The van der Waals surface area contributed by atoms with E-state index in [-0.39, 0.29) is 17.6 Å². The Morgan fingerprint density at radius 1 is 1.77 bits per heavy atom. The highest BCUT2D eigenvalue weighted by molar-refractivity contribution is 5.94.